The second kappa shape index (κ2) is 8.74. The number of benzene rings is 5. The smallest absolute Gasteiger partial charge is 0.338 e. The molecule has 0 spiro atoms. The molecule has 0 fully saturated rings. The van der Waals surface area contributed by atoms with Crippen molar-refractivity contribution in [1.29, 1.82) is 0 Å². The van der Waals surface area contributed by atoms with E-state index in [1.165, 1.54) is 44.5 Å². The highest BCUT2D eigenvalue weighted by atomic mass is 16.5. The SMILES string of the molecule is CCOC(=O)c1cc(-c2cccc3c2Cc2ccccc2-3)c(O)cc1-c1cccc2c1Cc1ccccc1-2. The van der Waals surface area contributed by atoms with E-state index in [9.17, 15) is 9.90 Å². The largest absolute Gasteiger partial charge is 0.507 e. The number of esters is 1. The Morgan fingerprint density at radius 1 is 0.632 bits per heavy atom. The maximum absolute atomic E-state index is 13.4. The Bertz CT molecular complexity index is 1760. The highest BCUT2D eigenvalue weighted by Gasteiger charge is 2.27. The molecule has 7 rings (SSSR count). The second-order valence-electron chi connectivity index (χ2n) is 9.97. The first-order chi connectivity index (χ1) is 18.6. The maximum atomic E-state index is 13.4. The molecule has 5 aromatic carbocycles. The fourth-order valence-corrected chi connectivity index (χ4v) is 6.22. The minimum atomic E-state index is -0.382. The molecule has 0 heterocycles. The van der Waals surface area contributed by atoms with Crippen LogP contribution in [0.25, 0.3) is 44.5 Å². The van der Waals surface area contributed by atoms with Gasteiger partial charge in [-0.1, -0.05) is 84.9 Å². The lowest BCUT2D eigenvalue weighted by molar-refractivity contribution is 0.0527. The predicted octanol–water partition coefficient (Wildman–Crippen LogP) is 8.05. The molecule has 184 valence electrons. The number of hydrogen-bond donors (Lipinski definition) is 1. The minimum Gasteiger partial charge on any atom is -0.507 e. The average molecular weight is 495 g/mol. The summed E-state index contributed by atoms with van der Waals surface area (Å²) in [6, 6.07) is 32.8. The van der Waals surface area contributed by atoms with Crippen LogP contribution in [-0.2, 0) is 17.6 Å². The third-order valence-corrected chi connectivity index (χ3v) is 7.91. The number of carbonyl (C=O) groups excluding carboxylic acids is 1. The van der Waals surface area contributed by atoms with Crippen molar-refractivity contribution in [2.24, 2.45) is 0 Å². The number of aromatic hydroxyl groups is 1. The number of carbonyl (C=O) groups is 1. The lowest BCUT2D eigenvalue weighted by atomic mass is 9.88. The molecule has 0 saturated carbocycles. The van der Waals surface area contributed by atoms with Crippen LogP contribution in [0.1, 0.15) is 39.5 Å². The summed E-state index contributed by atoms with van der Waals surface area (Å²) < 4.78 is 5.52. The van der Waals surface area contributed by atoms with Crippen molar-refractivity contribution in [3.05, 3.63) is 125 Å². The first kappa shape index (κ1) is 22.6. The molecular weight excluding hydrogens is 468 g/mol. The van der Waals surface area contributed by atoms with Gasteiger partial charge in [0.15, 0.2) is 0 Å². The molecule has 3 heteroatoms. The number of rotatable bonds is 4. The summed E-state index contributed by atoms with van der Waals surface area (Å²) in [5, 5.41) is 11.5. The minimum absolute atomic E-state index is 0.158. The third-order valence-electron chi connectivity index (χ3n) is 7.91. The predicted molar refractivity (Wildman–Crippen MR) is 151 cm³/mol. The lowest BCUT2D eigenvalue weighted by Crippen LogP contribution is -2.08. The van der Waals surface area contributed by atoms with Crippen LogP contribution in [0.5, 0.6) is 5.75 Å². The maximum Gasteiger partial charge on any atom is 0.338 e. The highest BCUT2D eigenvalue weighted by molar-refractivity contribution is 6.02. The molecule has 0 saturated heterocycles. The van der Waals surface area contributed by atoms with Gasteiger partial charge in [-0.2, -0.15) is 0 Å². The second-order valence-corrected chi connectivity index (χ2v) is 9.97. The van der Waals surface area contributed by atoms with Gasteiger partial charge in [0.25, 0.3) is 0 Å². The Balaban J connectivity index is 1.42. The van der Waals surface area contributed by atoms with Crippen molar-refractivity contribution in [3.63, 3.8) is 0 Å². The van der Waals surface area contributed by atoms with Crippen molar-refractivity contribution in [2.45, 2.75) is 19.8 Å². The molecule has 38 heavy (non-hydrogen) atoms. The molecule has 0 atom stereocenters. The van der Waals surface area contributed by atoms with E-state index in [2.05, 4.69) is 60.7 Å². The summed E-state index contributed by atoms with van der Waals surface area (Å²) in [4.78, 5) is 13.4. The van der Waals surface area contributed by atoms with Gasteiger partial charge in [0.2, 0.25) is 0 Å². The van der Waals surface area contributed by atoms with Gasteiger partial charge in [0.05, 0.1) is 12.2 Å². The summed E-state index contributed by atoms with van der Waals surface area (Å²) in [6.45, 7) is 2.10. The van der Waals surface area contributed by atoms with Crippen LogP contribution in [0.15, 0.2) is 97.1 Å². The normalized spacial score (nSPS) is 12.4. The van der Waals surface area contributed by atoms with Gasteiger partial charge in [-0.05, 0) is 87.5 Å². The van der Waals surface area contributed by atoms with Gasteiger partial charge >= 0.3 is 5.97 Å². The lowest BCUT2D eigenvalue weighted by Gasteiger charge is -2.17. The molecule has 3 nitrogen and oxygen atoms in total. The van der Waals surface area contributed by atoms with E-state index in [-0.39, 0.29) is 18.3 Å². The fourth-order valence-electron chi connectivity index (χ4n) is 6.22. The zero-order valence-electron chi connectivity index (χ0n) is 21.1. The molecule has 0 bridgehead atoms. The zero-order valence-corrected chi connectivity index (χ0v) is 21.1. The summed E-state index contributed by atoms with van der Waals surface area (Å²) in [5.74, 6) is -0.224. The Hall–Kier alpha value is -4.63. The molecule has 5 aromatic rings. The van der Waals surface area contributed by atoms with E-state index in [1.807, 2.05) is 37.3 Å². The van der Waals surface area contributed by atoms with Crippen molar-refractivity contribution >= 4 is 5.97 Å². The molecule has 2 aliphatic rings. The van der Waals surface area contributed by atoms with E-state index < -0.39 is 0 Å². The summed E-state index contributed by atoms with van der Waals surface area (Å²) in [6.07, 6.45) is 1.58. The van der Waals surface area contributed by atoms with Gasteiger partial charge in [-0.15, -0.1) is 0 Å². The van der Waals surface area contributed by atoms with E-state index in [1.54, 1.807) is 6.07 Å². The molecule has 0 radical (unpaired) electrons. The van der Waals surface area contributed by atoms with Crippen molar-refractivity contribution in [3.8, 4) is 50.3 Å². The Kier molecular flexibility index (Phi) is 5.19. The van der Waals surface area contributed by atoms with Crippen molar-refractivity contribution in [1.82, 2.24) is 0 Å². The number of fused-ring (bicyclic) bond motifs is 6. The number of hydrogen-bond acceptors (Lipinski definition) is 3. The molecule has 2 aliphatic carbocycles. The van der Waals surface area contributed by atoms with Gasteiger partial charge in [-0.25, -0.2) is 4.79 Å². The third kappa shape index (κ3) is 3.39. The van der Waals surface area contributed by atoms with Crippen LogP contribution in [-0.4, -0.2) is 17.7 Å². The van der Waals surface area contributed by atoms with Crippen LogP contribution < -0.4 is 0 Å². The van der Waals surface area contributed by atoms with Gasteiger partial charge in [-0.3, -0.25) is 0 Å². The van der Waals surface area contributed by atoms with Crippen molar-refractivity contribution < 1.29 is 14.6 Å². The Morgan fingerprint density at radius 3 is 1.66 bits per heavy atom. The standard InChI is InChI=1S/C35H26O3/c1-2-38-35(37)33-19-32(28-16-8-14-26-24-12-6-4-10-22(24)18-30(26)28)34(36)20-31(33)27-15-7-13-25-23-11-5-3-9-21(23)17-29(25)27/h3-16,19-20,36H,2,17-18H2,1H3. The van der Waals surface area contributed by atoms with Crippen LogP contribution in [0.3, 0.4) is 0 Å². The molecule has 0 amide bonds. The van der Waals surface area contributed by atoms with E-state index >= 15 is 0 Å². The van der Waals surface area contributed by atoms with E-state index in [4.69, 9.17) is 4.74 Å². The first-order valence-corrected chi connectivity index (χ1v) is 13.1. The van der Waals surface area contributed by atoms with Gasteiger partial charge in [0.1, 0.15) is 5.75 Å². The van der Waals surface area contributed by atoms with Crippen LogP contribution in [0.4, 0.5) is 0 Å². The summed E-state index contributed by atoms with van der Waals surface area (Å²) in [5.41, 5.74) is 13.4. The summed E-state index contributed by atoms with van der Waals surface area (Å²) >= 11 is 0. The molecule has 1 N–H and O–H groups in total. The zero-order chi connectivity index (χ0) is 25.8. The summed E-state index contributed by atoms with van der Waals surface area (Å²) in [7, 11) is 0. The monoisotopic (exact) mass is 494 g/mol. The first-order valence-electron chi connectivity index (χ1n) is 13.1. The molecule has 0 aromatic heterocycles. The van der Waals surface area contributed by atoms with Gasteiger partial charge < -0.3 is 9.84 Å². The fraction of sp³-hybridized carbons (Fsp3) is 0.114. The highest BCUT2D eigenvalue weighted by Crippen LogP contribution is 2.47. The Morgan fingerprint density at radius 2 is 1.11 bits per heavy atom. The average Bonchev–Trinajstić information content (AvgIpc) is 3.52. The van der Waals surface area contributed by atoms with Crippen LogP contribution >= 0.6 is 0 Å². The van der Waals surface area contributed by atoms with Crippen molar-refractivity contribution in [2.75, 3.05) is 6.61 Å². The number of phenols is 1. The van der Waals surface area contributed by atoms with E-state index in [0.29, 0.717) is 16.7 Å². The van der Waals surface area contributed by atoms with E-state index in [0.717, 1.165) is 24.0 Å². The molecule has 0 unspecified atom stereocenters. The van der Waals surface area contributed by atoms with Crippen LogP contribution in [0.2, 0.25) is 0 Å². The Labute approximate surface area is 222 Å². The quantitative estimate of drug-likeness (QED) is 0.252. The molecule has 0 aliphatic heterocycles. The number of phenolic OH excluding ortho intramolecular Hbond substituents is 1. The topological polar surface area (TPSA) is 46.5 Å². The number of ether oxygens (including phenoxy) is 1. The van der Waals surface area contributed by atoms with Gasteiger partial charge in [0, 0.05) is 11.1 Å². The van der Waals surface area contributed by atoms with Crippen LogP contribution in [0, 0.1) is 0 Å². The molecular formula is C35H26O3.